The largest absolute Gasteiger partial charge is 0.573 e. The molecule has 0 fully saturated rings. The van der Waals surface area contributed by atoms with E-state index >= 15 is 0 Å². The first kappa shape index (κ1) is 22.3. The summed E-state index contributed by atoms with van der Waals surface area (Å²) in [4.78, 5) is 26.7. The number of carbonyl (C=O) groups is 2. The van der Waals surface area contributed by atoms with E-state index in [2.05, 4.69) is 20.4 Å². The molecule has 2 aromatic rings. The minimum absolute atomic E-state index is 0.0190. The van der Waals surface area contributed by atoms with Crippen LogP contribution in [-0.4, -0.2) is 34.0 Å². The van der Waals surface area contributed by atoms with E-state index in [9.17, 15) is 22.8 Å². The van der Waals surface area contributed by atoms with Gasteiger partial charge in [-0.25, -0.2) is 14.6 Å². The molecule has 0 saturated carbocycles. The first-order valence-electron chi connectivity index (χ1n) is 8.16. The number of urea groups is 1. The second kappa shape index (κ2) is 8.56. The maximum atomic E-state index is 12.5. The molecule has 0 aliphatic heterocycles. The van der Waals surface area contributed by atoms with Gasteiger partial charge in [0.05, 0.1) is 17.4 Å². The molecule has 9 nitrogen and oxygen atoms in total. The number of nitrogens with zero attached hydrogens (tertiary/aromatic N) is 2. The highest BCUT2D eigenvalue weighted by molar-refractivity contribution is 5.93. The van der Waals surface area contributed by atoms with Crippen LogP contribution in [0, 0.1) is 11.3 Å². The van der Waals surface area contributed by atoms with Crippen molar-refractivity contribution in [1.29, 1.82) is 5.26 Å². The highest BCUT2D eigenvalue weighted by Crippen LogP contribution is 2.31. The predicted octanol–water partition coefficient (Wildman–Crippen LogP) is 3.63. The SMILES string of the molecule is CC(C)(NC(=O)Nc1ccc(Oc2ccc(C#N)c(OC(F)(F)F)c2)nc1)C(=O)O. The van der Waals surface area contributed by atoms with Crippen LogP contribution >= 0.6 is 0 Å². The Hall–Kier alpha value is -4.01. The molecule has 158 valence electrons. The lowest BCUT2D eigenvalue weighted by atomic mass is 10.1. The monoisotopic (exact) mass is 424 g/mol. The maximum Gasteiger partial charge on any atom is 0.573 e. The van der Waals surface area contributed by atoms with Crippen molar-refractivity contribution in [2.24, 2.45) is 0 Å². The number of nitriles is 1. The van der Waals surface area contributed by atoms with Gasteiger partial charge in [0.1, 0.15) is 17.4 Å². The number of nitrogens with one attached hydrogen (secondary N) is 2. The first-order chi connectivity index (χ1) is 13.9. The van der Waals surface area contributed by atoms with Crippen LogP contribution in [0.5, 0.6) is 17.4 Å². The van der Waals surface area contributed by atoms with Crippen LogP contribution in [0.4, 0.5) is 23.7 Å². The molecule has 0 saturated heterocycles. The number of benzene rings is 1. The number of aliphatic carboxylic acids is 1. The van der Waals surface area contributed by atoms with Crippen molar-refractivity contribution in [3.05, 3.63) is 42.1 Å². The number of aromatic nitrogens is 1. The quantitative estimate of drug-likeness (QED) is 0.645. The van der Waals surface area contributed by atoms with E-state index < -0.39 is 29.7 Å². The Morgan fingerprint density at radius 2 is 1.90 bits per heavy atom. The van der Waals surface area contributed by atoms with Crippen molar-refractivity contribution in [3.63, 3.8) is 0 Å². The Bertz CT molecular complexity index is 985. The van der Waals surface area contributed by atoms with Gasteiger partial charge in [0.15, 0.2) is 5.75 Å². The van der Waals surface area contributed by atoms with Gasteiger partial charge in [-0.3, -0.25) is 0 Å². The molecule has 0 aliphatic carbocycles. The lowest BCUT2D eigenvalue weighted by molar-refractivity contribution is -0.274. The van der Waals surface area contributed by atoms with E-state index in [0.29, 0.717) is 0 Å². The second-order valence-corrected chi connectivity index (χ2v) is 6.31. The van der Waals surface area contributed by atoms with Gasteiger partial charge in [-0.05, 0) is 32.0 Å². The molecule has 1 aromatic heterocycles. The molecule has 12 heteroatoms. The summed E-state index contributed by atoms with van der Waals surface area (Å²) in [5.41, 5.74) is -1.61. The van der Waals surface area contributed by atoms with Crippen LogP contribution in [0.2, 0.25) is 0 Å². The van der Waals surface area contributed by atoms with Gasteiger partial charge < -0.3 is 25.2 Å². The maximum absolute atomic E-state index is 12.5. The highest BCUT2D eigenvalue weighted by atomic mass is 19.4. The summed E-state index contributed by atoms with van der Waals surface area (Å²) < 4.78 is 46.5. The number of hydrogen-bond acceptors (Lipinski definition) is 6. The minimum Gasteiger partial charge on any atom is -0.480 e. The summed E-state index contributed by atoms with van der Waals surface area (Å²) in [6.45, 7) is 2.61. The van der Waals surface area contributed by atoms with E-state index in [4.69, 9.17) is 15.1 Å². The van der Waals surface area contributed by atoms with Gasteiger partial charge in [-0.1, -0.05) is 0 Å². The predicted molar refractivity (Wildman–Crippen MR) is 96.0 cm³/mol. The number of pyridine rings is 1. The molecular weight excluding hydrogens is 409 g/mol. The van der Waals surface area contributed by atoms with Crippen molar-refractivity contribution in [1.82, 2.24) is 10.3 Å². The highest BCUT2D eigenvalue weighted by Gasteiger charge is 2.32. The number of carboxylic acids is 1. The van der Waals surface area contributed by atoms with E-state index in [1.807, 2.05) is 0 Å². The fourth-order valence-corrected chi connectivity index (χ4v) is 2.00. The minimum atomic E-state index is -4.98. The van der Waals surface area contributed by atoms with E-state index in [1.54, 1.807) is 6.07 Å². The van der Waals surface area contributed by atoms with Gasteiger partial charge in [0.25, 0.3) is 0 Å². The fraction of sp³-hybridized carbons (Fsp3) is 0.222. The third kappa shape index (κ3) is 6.26. The van der Waals surface area contributed by atoms with Crippen LogP contribution in [0.3, 0.4) is 0 Å². The first-order valence-corrected chi connectivity index (χ1v) is 8.16. The summed E-state index contributed by atoms with van der Waals surface area (Å²) in [6, 6.07) is 6.75. The summed E-state index contributed by atoms with van der Waals surface area (Å²) in [5.74, 6) is -2.04. The Kier molecular flexibility index (Phi) is 6.36. The third-order valence-corrected chi connectivity index (χ3v) is 3.48. The normalized spacial score (nSPS) is 11.2. The zero-order valence-corrected chi connectivity index (χ0v) is 15.6. The molecule has 0 atom stereocenters. The summed E-state index contributed by atoms with van der Waals surface area (Å²) in [6.07, 6.45) is -3.79. The molecule has 30 heavy (non-hydrogen) atoms. The number of ether oxygens (including phenoxy) is 2. The number of rotatable bonds is 6. The molecule has 2 amide bonds. The number of anilines is 1. The summed E-state index contributed by atoms with van der Waals surface area (Å²) >= 11 is 0. The topological polar surface area (TPSA) is 134 Å². The second-order valence-electron chi connectivity index (χ2n) is 6.31. The van der Waals surface area contributed by atoms with Gasteiger partial charge in [0.2, 0.25) is 5.88 Å². The zero-order valence-electron chi connectivity index (χ0n) is 15.6. The van der Waals surface area contributed by atoms with Crippen molar-refractivity contribution >= 4 is 17.7 Å². The van der Waals surface area contributed by atoms with Crippen LogP contribution in [-0.2, 0) is 4.79 Å². The molecule has 2 rings (SSSR count). The average molecular weight is 424 g/mol. The number of carbonyl (C=O) groups excluding carboxylic acids is 1. The molecule has 0 bridgehead atoms. The van der Waals surface area contributed by atoms with E-state index in [-0.39, 0.29) is 22.9 Å². The fourth-order valence-electron chi connectivity index (χ4n) is 2.00. The number of hydrogen-bond donors (Lipinski definition) is 3. The Morgan fingerprint density at radius 1 is 1.20 bits per heavy atom. The standard InChI is InChI=1S/C18H15F3N4O5/c1-17(2,15(26)27)25-16(28)24-11-4-6-14(23-9-11)29-12-5-3-10(8-22)13(7-12)30-18(19,20)21/h3-7,9H,1-2H3,(H,26,27)(H2,24,25,28). The Balaban J connectivity index is 2.07. The van der Waals surface area contributed by atoms with E-state index in [0.717, 1.165) is 12.1 Å². The number of amides is 2. The van der Waals surface area contributed by atoms with Crippen molar-refractivity contribution in [2.75, 3.05) is 5.32 Å². The molecular formula is C18H15F3N4O5. The summed E-state index contributed by atoms with van der Waals surface area (Å²) in [5, 5.41) is 22.5. The Morgan fingerprint density at radius 3 is 2.43 bits per heavy atom. The summed E-state index contributed by atoms with van der Waals surface area (Å²) in [7, 11) is 0. The molecule has 0 spiro atoms. The zero-order chi connectivity index (χ0) is 22.5. The van der Waals surface area contributed by atoms with Gasteiger partial charge in [0, 0.05) is 12.1 Å². The Labute approximate surface area is 168 Å². The van der Waals surface area contributed by atoms with Gasteiger partial charge >= 0.3 is 18.4 Å². The number of halogens is 3. The average Bonchev–Trinajstić information content (AvgIpc) is 2.61. The van der Waals surface area contributed by atoms with Crippen molar-refractivity contribution in [2.45, 2.75) is 25.7 Å². The van der Waals surface area contributed by atoms with Crippen molar-refractivity contribution < 1.29 is 37.3 Å². The molecule has 0 radical (unpaired) electrons. The van der Waals surface area contributed by atoms with Gasteiger partial charge in [-0.2, -0.15) is 5.26 Å². The van der Waals surface area contributed by atoms with Crippen LogP contribution < -0.4 is 20.1 Å². The number of carboxylic acid groups (broad SMARTS) is 1. The van der Waals surface area contributed by atoms with E-state index in [1.165, 1.54) is 38.2 Å². The smallest absolute Gasteiger partial charge is 0.480 e. The number of alkyl halides is 3. The molecule has 3 N–H and O–H groups in total. The van der Waals surface area contributed by atoms with Crippen molar-refractivity contribution in [3.8, 4) is 23.4 Å². The van der Waals surface area contributed by atoms with Crippen LogP contribution in [0.15, 0.2) is 36.5 Å². The molecule has 0 unspecified atom stereocenters. The lowest BCUT2D eigenvalue weighted by Crippen LogP contribution is -2.51. The molecule has 0 aliphatic rings. The third-order valence-electron chi connectivity index (χ3n) is 3.48. The molecule has 1 heterocycles. The van der Waals surface area contributed by atoms with Crippen LogP contribution in [0.25, 0.3) is 0 Å². The molecule has 1 aromatic carbocycles. The van der Waals surface area contributed by atoms with Gasteiger partial charge in [-0.15, -0.1) is 13.2 Å². The van der Waals surface area contributed by atoms with Crippen LogP contribution in [0.1, 0.15) is 19.4 Å². The lowest BCUT2D eigenvalue weighted by Gasteiger charge is -2.21.